The third kappa shape index (κ3) is 2.42. The lowest BCUT2D eigenvalue weighted by Gasteiger charge is -2.26. The first-order chi connectivity index (χ1) is 8.61. The van der Waals surface area contributed by atoms with Crippen molar-refractivity contribution in [2.45, 2.75) is 25.3 Å². The van der Waals surface area contributed by atoms with Crippen LogP contribution in [0, 0.1) is 10.1 Å². The summed E-state index contributed by atoms with van der Waals surface area (Å²) in [5.41, 5.74) is 0.629. The summed E-state index contributed by atoms with van der Waals surface area (Å²) >= 11 is 0. The summed E-state index contributed by atoms with van der Waals surface area (Å²) in [7, 11) is 1.70. The molecule has 2 N–H and O–H groups in total. The molecule has 18 heavy (non-hydrogen) atoms. The molecular formula is C12H15N3O3. The number of nitro benzene ring substituents is 1. The standard InChI is InChI=1S/C12H15N3O3/c1-13-9-5-6-11(15(17)18)10(7-9)12(16)14-8-3-2-4-8/h5-8,13H,2-4H2,1H3,(H,14,16). The normalized spacial score (nSPS) is 14.7. The number of nitrogens with one attached hydrogen (secondary N) is 2. The second-order valence-corrected chi connectivity index (χ2v) is 4.34. The zero-order valence-electron chi connectivity index (χ0n) is 10.1. The topological polar surface area (TPSA) is 84.3 Å². The van der Waals surface area contributed by atoms with Crippen LogP contribution in [0.2, 0.25) is 0 Å². The molecule has 6 nitrogen and oxygen atoms in total. The Morgan fingerprint density at radius 2 is 2.17 bits per heavy atom. The van der Waals surface area contributed by atoms with Crippen molar-refractivity contribution < 1.29 is 9.72 Å². The summed E-state index contributed by atoms with van der Waals surface area (Å²) in [6.07, 6.45) is 3.00. The van der Waals surface area contributed by atoms with Crippen LogP contribution in [0.5, 0.6) is 0 Å². The van der Waals surface area contributed by atoms with Gasteiger partial charge >= 0.3 is 0 Å². The summed E-state index contributed by atoms with van der Waals surface area (Å²) in [5.74, 6) is -0.372. The molecule has 0 saturated heterocycles. The Bertz CT molecular complexity index is 483. The van der Waals surface area contributed by atoms with Crippen molar-refractivity contribution in [1.29, 1.82) is 0 Å². The predicted molar refractivity (Wildman–Crippen MR) is 67.7 cm³/mol. The first kappa shape index (κ1) is 12.3. The van der Waals surface area contributed by atoms with Crippen molar-refractivity contribution in [3.63, 3.8) is 0 Å². The van der Waals surface area contributed by atoms with E-state index >= 15 is 0 Å². The maximum Gasteiger partial charge on any atom is 0.282 e. The average molecular weight is 249 g/mol. The Morgan fingerprint density at radius 3 is 2.67 bits per heavy atom. The number of nitrogens with zero attached hydrogens (tertiary/aromatic N) is 1. The third-order valence-electron chi connectivity index (χ3n) is 3.17. The van der Waals surface area contributed by atoms with E-state index in [9.17, 15) is 14.9 Å². The van der Waals surface area contributed by atoms with Gasteiger partial charge < -0.3 is 10.6 Å². The second kappa shape index (κ2) is 5.03. The van der Waals surface area contributed by atoms with Crippen LogP contribution >= 0.6 is 0 Å². The van der Waals surface area contributed by atoms with E-state index in [4.69, 9.17) is 0 Å². The highest BCUT2D eigenvalue weighted by Gasteiger charge is 2.25. The Kier molecular flexibility index (Phi) is 3.45. The molecule has 0 bridgehead atoms. The monoisotopic (exact) mass is 249 g/mol. The lowest BCUT2D eigenvalue weighted by Crippen LogP contribution is -2.39. The summed E-state index contributed by atoms with van der Waals surface area (Å²) in [6.45, 7) is 0. The van der Waals surface area contributed by atoms with E-state index in [1.54, 1.807) is 13.1 Å². The Hall–Kier alpha value is -2.11. The number of rotatable bonds is 4. The highest BCUT2D eigenvalue weighted by Crippen LogP contribution is 2.24. The minimum Gasteiger partial charge on any atom is -0.388 e. The molecule has 0 spiro atoms. The van der Waals surface area contributed by atoms with Crippen LogP contribution < -0.4 is 10.6 Å². The Balaban J connectivity index is 2.26. The van der Waals surface area contributed by atoms with E-state index in [2.05, 4.69) is 10.6 Å². The summed E-state index contributed by atoms with van der Waals surface area (Å²) in [6, 6.07) is 4.60. The summed E-state index contributed by atoms with van der Waals surface area (Å²) < 4.78 is 0. The maximum absolute atomic E-state index is 12.0. The van der Waals surface area contributed by atoms with Crippen LogP contribution in [0.15, 0.2) is 18.2 Å². The minimum absolute atomic E-state index is 0.110. The molecule has 1 aromatic carbocycles. The van der Waals surface area contributed by atoms with Crippen molar-refractivity contribution in [2.75, 3.05) is 12.4 Å². The molecular weight excluding hydrogens is 234 g/mol. The lowest BCUT2D eigenvalue weighted by molar-refractivity contribution is -0.385. The fourth-order valence-corrected chi connectivity index (χ4v) is 1.85. The maximum atomic E-state index is 12.0. The largest absolute Gasteiger partial charge is 0.388 e. The van der Waals surface area contributed by atoms with Crippen LogP contribution in [0.4, 0.5) is 11.4 Å². The number of amides is 1. The van der Waals surface area contributed by atoms with Crippen LogP contribution in [0.3, 0.4) is 0 Å². The fraction of sp³-hybridized carbons (Fsp3) is 0.417. The number of nitro groups is 1. The minimum atomic E-state index is -0.533. The van der Waals surface area contributed by atoms with Gasteiger partial charge in [0.2, 0.25) is 0 Å². The second-order valence-electron chi connectivity index (χ2n) is 4.34. The molecule has 2 rings (SSSR count). The van der Waals surface area contributed by atoms with Gasteiger partial charge in [0.1, 0.15) is 5.56 Å². The van der Waals surface area contributed by atoms with Gasteiger partial charge in [-0.05, 0) is 31.4 Å². The number of carbonyl (C=O) groups excluding carboxylic acids is 1. The number of benzene rings is 1. The van der Waals surface area contributed by atoms with E-state index in [-0.39, 0.29) is 23.2 Å². The van der Waals surface area contributed by atoms with Gasteiger partial charge in [-0.15, -0.1) is 0 Å². The number of hydrogen-bond donors (Lipinski definition) is 2. The van der Waals surface area contributed by atoms with Gasteiger partial charge in [-0.25, -0.2) is 0 Å². The van der Waals surface area contributed by atoms with Crippen molar-refractivity contribution in [3.8, 4) is 0 Å². The van der Waals surface area contributed by atoms with Crippen molar-refractivity contribution in [2.24, 2.45) is 0 Å². The first-order valence-corrected chi connectivity index (χ1v) is 5.89. The SMILES string of the molecule is CNc1ccc([N+](=O)[O-])c(C(=O)NC2CCC2)c1. The Labute approximate surface area is 105 Å². The molecule has 1 aromatic rings. The lowest BCUT2D eigenvalue weighted by atomic mass is 9.93. The highest BCUT2D eigenvalue weighted by molar-refractivity contribution is 5.99. The zero-order chi connectivity index (χ0) is 13.1. The molecule has 1 aliphatic carbocycles. The fourth-order valence-electron chi connectivity index (χ4n) is 1.85. The zero-order valence-corrected chi connectivity index (χ0v) is 10.1. The summed E-state index contributed by atoms with van der Waals surface area (Å²) in [5, 5.41) is 16.6. The molecule has 1 fully saturated rings. The number of anilines is 1. The quantitative estimate of drug-likeness (QED) is 0.630. The van der Waals surface area contributed by atoms with Gasteiger partial charge in [0.25, 0.3) is 11.6 Å². The molecule has 0 aromatic heterocycles. The van der Waals surface area contributed by atoms with Gasteiger partial charge in [0.05, 0.1) is 4.92 Å². The highest BCUT2D eigenvalue weighted by atomic mass is 16.6. The van der Waals surface area contributed by atoms with E-state index < -0.39 is 4.92 Å². The summed E-state index contributed by atoms with van der Waals surface area (Å²) in [4.78, 5) is 22.4. The van der Waals surface area contributed by atoms with E-state index in [1.165, 1.54) is 12.1 Å². The van der Waals surface area contributed by atoms with E-state index in [0.29, 0.717) is 5.69 Å². The van der Waals surface area contributed by atoms with Gasteiger partial charge in [0.15, 0.2) is 0 Å². The number of carbonyl (C=O) groups is 1. The smallest absolute Gasteiger partial charge is 0.282 e. The van der Waals surface area contributed by atoms with Gasteiger partial charge in [-0.2, -0.15) is 0 Å². The van der Waals surface area contributed by atoms with Gasteiger partial charge in [-0.3, -0.25) is 14.9 Å². The third-order valence-corrected chi connectivity index (χ3v) is 3.17. The molecule has 1 saturated carbocycles. The average Bonchev–Trinajstić information content (AvgIpc) is 2.32. The van der Waals surface area contributed by atoms with Crippen molar-refractivity contribution in [1.82, 2.24) is 5.32 Å². The molecule has 0 unspecified atom stereocenters. The van der Waals surface area contributed by atoms with E-state index in [0.717, 1.165) is 19.3 Å². The molecule has 1 amide bonds. The van der Waals surface area contributed by atoms with E-state index in [1.807, 2.05) is 0 Å². The molecule has 0 radical (unpaired) electrons. The molecule has 1 aliphatic rings. The molecule has 96 valence electrons. The molecule has 6 heteroatoms. The first-order valence-electron chi connectivity index (χ1n) is 5.89. The Morgan fingerprint density at radius 1 is 1.44 bits per heavy atom. The van der Waals surface area contributed by atoms with Crippen LogP contribution in [-0.4, -0.2) is 23.9 Å². The van der Waals surface area contributed by atoms with Crippen LogP contribution in [-0.2, 0) is 0 Å². The van der Waals surface area contributed by atoms with Crippen molar-refractivity contribution >= 4 is 17.3 Å². The van der Waals surface area contributed by atoms with Gasteiger partial charge in [-0.1, -0.05) is 0 Å². The molecule has 0 aliphatic heterocycles. The van der Waals surface area contributed by atoms with Gasteiger partial charge in [0, 0.05) is 24.8 Å². The predicted octanol–water partition coefficient (Wildman–Crippen LogP) is 1.92. The van der Waals surface area contributed by atoms with Crippen molar-refractivity contribution in [3.05, 3.63) is 33.9 Å². The molecule has 0 atom stereocenters. The number of hydrogen-bond acceptors (Lipinski definition) is 4. The molecule has 0 heterocycles. The van der Waals surface area contributed by atoms with Crippen LogP contribution in [0.1, 0.15) is 29.6 Å². The van der Waals surface area contributed by atoms with Crippen LogP contribution in [0.25, 0.3) is 0 Å².